The number of hydrogen-bond donors (Lipinski definition) is 3. The smallest absolute Gasteiger partial charge is 0.237 e. The second-order valence-electron chi connectivity index (χ2n) is 7.50. The average molecular weight is 439 g/mol. The number of aryl methyl sites for hydroxylation is 1. The van der Waals surface area contributed by atoms with Crippen LogP contribution in [0.1, 0.15) is 19.2 Å². The van der Waals surface area contributed by atoms with E-state index < -0.39 is 0 Å². The van der Waals surface area contributed by atoms with Gasteiger partial charge in [-0.2, -0.15) is 0 Å². The Morgan fingerprint density at radius 2 is 2.10 bits per heavy atom. The van der Waals surface area contributed by atoms with Crippen molar-refractivity contribution in [1.82, 2.24) is 30.6 Å². The maximum Gasteiger partial charge on any atom is 0.237 e. The Labute approximate surface area is 185 Å². The van der Waals surface area contributed by atoms with Gasteiger partial charge in [0.15, 0.2) is 5.13 Å². The highest BCUT2D eigenvalue weighted by atomic mass is 32.1. The molecule has 0 radical (unpaired) electrons. The second kappa shape index (κ2) is 9.36. The van der Waals surface area contributed by atoms with Gasteiger partial charge in [0.05, 0.1) is 10.9 Å². The standard InChI is InChI=1S/C21H26N8OS/c1-13(22-3)20(30)27-16-6-9-29(12-16)19-10-18(25-14(2)26-19)28-21-24-11-17(31-21)15-4-7-23-8-5-15/h4-5,7-8,10-11,13,16,22H,6,9,12H2,1-3H3,(H,27,30)(H,24,25,26,28)/t13-,16-/m0/s1. The number of likely N-dealkylation sites (N-methyl/N-ethyl adjacent to an activating group) is 1. The minimum absolute atomic E-state index is 0.0179. The van der Waals surface area contributed by atoms with Crippen molar-refractivity contribution in [2.24, 2.45) is 0 Å². The summed E-state index contributed by atoms with van der Waals surface area (Å²) in [6.45, 7) is 5.29. The summed E-state index contributed by atoms with van der Waals surface area (Å²) in [6.07, 6.45) is 6.27. The Morgan fingerprint density at radius 1 is 1.29 bits per heavy atom. The molecule has 4 rings (SSSR count). The van der Waals surface area contributed by atoms with Crippen molar-refractivity contribution in [1.29, 1.82) is 0 Å². The predicted octanol–water partition coefficient (Wildman–Crippen LogP) is 2.35. The Bertz CT molecular complexity index is 1040. The Kier molecular flexibility index (Phi) is 6.38. The first-order valence-electron chi connectivity index (χ1n) is 10.2. The van der Waals surface area contributed by atoms with E-state index in [1.54, 1.807) is 30.8 Å². The van der Waals surface area contributed by atoms with Crippen molar-refractivity contribution in [3.63, 3.8) is 0 Å². The van der Waals surface area contributed by atoms with Crippen molar-refractivity contribution in [2.45, 2.75) is 32.4 Å². The zero-order valence-electron chi connectivity index (χ0n) is 17.8. The highest BCUT2D eigenvalue weighted by Gasteiger charge is 2.26. The fourth-order valence-corrected chi connectivity index (χ4v) is 4.24. The Hall–Kier alpha value is -3.11. The Morgan fingerprint density at radius 3 is 2.87 bits per heavy atom. The number of aromatic nitrogens is 4. The molecule has 0 aliphatic carbocycles. The van der Waals surface area contributed by atoms with Crippen molar-refractivity contribution in [3.8, 4) is 10.4 Å². The van der Waals surface area contributed by atoms with E-state index in [1.807, 2.05) is 38.2 Å². The minimum atomic E-state index is -0.207. The SMILES string of the molecule is CN[C@@H](C)C(=O)N[C@H]1CCN(c2cc(Nc3ncc(-c4ccncc4)s3)nc(C)n2)C1. The largest absolute Gasteiger partial charge is 0.354 e. The van der Waals surface area contributed by atoms with Gasteiger partial charge in [0.25, 0.3) is 0 Å². The molecule has 4 heterocycles. The van der Waals surface area contributed by atoms with Gasteiger partial charge in [-0.15, -0.1) is 0 Å². The molecule has 0 unspecified atom stereocenters. The first kappa shape index (κ1) is 21.1. The molecule has 10 heteroatoms. The van der Waals surface area contributed by atoms with E-state index in [4.69, 9.17) is 0 Å². The van der Waals surface area contributed by atoms with E-state index in [0.29, 0.717) is 11.6 Å². The van der Waals surface area contributed by atoms with Gasteiger partial charge in [0.2, 0.25) is 5.91 Å². The van der Waals surface area contributed by atoms with Gasteiger partial charge in [0, 0.05) is 43.8 Å². The fraction of sp³-hybridized carbons (Fsp3) is 0.381. The normalized spacial score (nSPS) is 16.9. The molecule has 1 aliphatic heterocycles. The maximum absolute atomic E-state index is 12.2. The third-order valence-electron chi connectivity index (χ3n) is 5.21. The van der Waals surface area contributed by atoms with Gasteiger partial charge in [-0.05, 0) is 45.0 Å². The van der Waals surface area contributed by atoms with E-state index in [0.717, 1.165) is 40.9 Å². The summed E-state index contributed by atoms with van der Waals surface area (Å²) in [5.41, 5.74) is 1.08. The van der Waals surface area contributed by atoms with Crippen LogP contribution in [-0.4, -0.2) is 58.1 Å². The van der Waals surface area contributed by atoms with Gasteiger partial charge in [-0.25, -0.2) is 15.0 Å². The lowest BCUT2D eigenvalue weighted by Crippen LogP contribution is -2.46. The molecular weight excluding hydrogens is 412 g/mol. The molecule has 2 atom stereocenters. The summed E-state index contributed by atoms with van der Waals surface area (Å²) < 4.78 is 0. The first-order chi connectivity index (χ1) is 15.0. The molecule has 1 amide bonds. The topological polar surface area (TPSA) is 108 Å². The van der Waals surface area contributed by atoms with Gasteiger partial charge >= 0.3 is 0 Å². The highest BCUT2D eigenvalue weighted by Crippen LogP contribution is 2.30. The number of nitrogens with one attached hydrogen (secondary N) is 3. The molecule has 162 valence electrons. The van der Waals surface area contributed by atoms with Crippen LogP contribution in [0.2, 0.25) is 0 Å². The molecule has 3 N–H and O–H groups in total. The molecule has 1 fully saturated rings. The molecule has 0 spiro atoms. The summed E-state index contributed by atoms with van der Waals surface area (Å²) in [5, 5.41) is 10.1. The molecule has 1 saturated heterocycles. The van der Waals surface area contributed by atoms with Gasteiger partial charge in [-0.1, -0.05) is 11.3 Å². The average Bonchev–Trinajstić information content (AvgIpc) is 3.43. The lowest BCUT2D eigenvalue weighted by atomic mass is 10.2. The van der Waals surface area contributed by atoms with Crippen LogP contribution in [0.5, 0.6) is 0 Å². The maximum atomic E-state index is 12.2. The van der Waals surface area contributed by atoms with Crippen molar-refractivity contribution < 1.29 is 4.79 Å². The van der Waals surface area contributed by atoms with Crippen LogP contribution in [0.4, 0.5) is 16.8 Å². The number of pyridine rings is 1. The summed E-state index contributed by atoms with van der Waals surface area (Å²) in [6, 6.07) is 5.76. The van der Waals surface area contributed by atoms with Crippen LogP contribution in [0, 0.1) is 6.92 Å². The van der Waals surface area contributed by atoms with Crippen LogP contribution in [0.3, 0.4) is 0 Å². The Balaban J connectivity index is 1.43. The molecule has 1 aliphatic rings. The molecule has 3 aromatic heterocycles. The molecule has 9 nitrogen and oxygen atoms in total. The van der Waals surface area contributed by atoms with E-state index in [2.05, 4.69) is 40.8 Å². The number of anilines is 3. The van der Waals surface area contributed by atoms with Crippen LogP contribution >= 0.6 is 11.3 Å². The van der Waals surface area contributed by atoms with Gasteiger partial charge < -0.3 is 20.9 Å². The molecule has 3 aromatic rings. The summed E-state index contributed by atoms with van der Waals surface area (Å²) >= 11 is 1.56. The molecular formula is C21H26N8OS. The summed E-state index contributed by atoms with van der Waals surface area (Å²) in [5.74, 6) is 2.25. The van der Waals surface area contributed by atoms with Crippen LogP contribution in [0.25, 0.3) is 10.4 Å². The first-order valence-corrected chi connectivity index (χ1v) is 11.0. The van der Waals surface area contributed by atoms with E-state index in [9.17, 15) is 4.79 Å². The number of rotatable bonds is 7. The van der Waals surface area contributed by atoms with Crippen LogP contribution < -0.4 is 20.9 Å². The zero-order chi connectivity index (χ0) is 21.8. The molecule has 0 bridgehead atoms. The quantitative estimate of drug-likeness (QED) is 0.516. The third-order valence-corrected chi connectivity index (χ3v) is 6.18. The molecule has 0 saturated carbocycles. The third kappa shape index (κ3) is 5.15. The number of amides is 1. The lowest BCUT2D eigenvalue weighted by molar-refractivity contribution is -0.123. The van der Waals surface area contributed by atoms with E-state index >= 15 is 0 Å². The number of nitrogens with zero attached hydrogens (tertiary/aromatic N) is 5. The highest BCUT2D eigenvalue weighted by molar-refractivity contribution is 7.18. The van der Waals surface area contributed by atoms with E-state index in [-0.39, 0.29) is 18.0 Å². The zero-order valence-corrected chi connectivity index (χ0v) is 18.6. The van der Waals surface area contributed by atoms with Crippen molar-refractivity contribution in [2.75, 3.05) is 30.4 Å². The monoisotopic (exact) mass is 438 g/mol. The van der Waals surface area contributed by atoms with Crippen molar-refractivity contribution in [3.05, 3.63) is 42.6 Å². The van der Waals surface area contributed by atoms with Gasteiger partial charge in [-0.3, -0.25) is 9.78 Å². The second-order valence-corrected chi connectivity index (χ2v) is 8.53. The number of carbonyl (C=O) groups is 1. The van der Waals surface area contributed by atoms with Gasteiger partial charge in [0.1, 0.15) is 17.5 Å². The minimum Gasteiger partial charge on any atom is -0.354 e. The van der Waals surface area contributed by atoms with Crippen molar-refractivity contribution >= 4 is 34.0 Å². The summed E-state index contributed by atoms with van der Waals surface area (Å²) in [7, 11) is 1.78. The molecule has 31 heavy (non-hydrogen) atoms. The fourth-order valence-electron chi connectivity index (χ4n) is 3.41. The molecule has 0 aromatic carbocycles. The lowest BCUT2D eigenvalue weighted by Gasteiger charge is -2.20. The predicted molar refractivity (Wildman–Crippen MR) is 123 cm³/mol. The number of thiazole rings is 1. The van der Waals surface area contributed by atoms with Crippen LogP contribution in [0.15, 0.2) is 36.8 Å². The van der Waals surface area contributed by atoms with E-state index in [1.165, 1.54) is 0 Å². The number of hydrogen-bond acceptors (Lipinski definition) is 9. The summed E-state index contributed by atoms with van der Waals surface area (Å²) in [4.78, 5) is 33.0. The van der Waals surface area contributed by atoms with Crippen LogP contribution in [-0.2, 0) is 4.79 Å². The number of carbonyl (C=O) groups excluding carboxylic acids is 1.